The number of rotatable bonds is 5. The number of halogens is 2. The summed E-state index contributed by atoms with van der Waals surface area (Å²) in [6.45, 7) is 4.76. The summed E-state index contributed by atoms with van der Waals surface area (Å²) in [5, 5.41) is 10.6. The first kappa shape index (κ1) is 20.4. The van der Waals surface area contributed by atoms with E-state index >= 15 is 0 Å². The number of hydrogen-bond donors (Lipinski definition) is 2. The van der Waals surface area contributed by atoms with Crippen LogP contribution in [0.25, 0.3) is 0 Å². The van der Waals surface area contributed by atoms with Crippen LogP contribution in [0.1, 0.15) is 25.2 Å². The third-order valence-electron chi connectivity index (χ3n) is 3.29. The van der Waals surface area contributed by atoms with E-state index in [4.69, 9.17) is 5.73 Å². The van der Waals surface area contributed by atoms with Gasteiger partial charge in [-0.25, -0.2) is 0 Å². The Labute approximate surface area is 142 Å². The Morgan fingerprint density at radius 2 is 1.95 bits per heavy atom. The highest BCUT2D eigenvalue weighted by Gasteiger charge is 2.30. The Bertz CT molecular complexity index is 586. The van der Waals surface area contributed by atoms with Crippen molar-refractivity contribution in [2.45, 2.75) is 32.5 Å². The molecule has 2 rings (SSSR count). The SMILES string of the molecule is CCn1cnnc1CNC(=O)C(C)(N)c1ccccc1.Cl.Cl. The van der Waals surface area contributed by atoms with Crippen molar-refractivity contribution >= 4 is 30.7 Å². The molecule has 6 nitrogen and oxygen atoms in total. The van der Waals surface area contributed by atoms with Gasteiger partial charge in [0.1, 0.15) is 11.9 Å². The number of benzene rings is 1. The largest absolute Gasteiger partial charge is 0.347 e. The van der Waals surface area contributed by atoms with Crippen LogP contribution in [-0.2, 0) is 23.4 Å². The number of aromatic nitrogens is 3. The van der Waals surface area contributed by atoms with Gasteiger partial charge < -0.3 is 15.6 Å². The van der Waals surface area contributed by atoms with Crippen molar-refractivity contribution in [2.75, 3.05) is 0 Å². The maximum atomic E-state index is 12.3. The smallest absolute Gasteiger partial charge is 0.244 e. The molecular weight excluding hydrogens is 325 g/mol. The lowest BCUT2D eigenvalue weighted by atomic mass is 9.92. The average molecular weight is 346 g/mol. The molecule has 0 saturated heterocycles. The first-order valence-electron chi connectivity index (χ1n) is 6.55. The second-order valence-corrected chi connectivity index (χ2v) is 4.78. The zero-order chi connectivity index (χ0) is 14.6. The number of nitrogens with two attached hydrogens (primary N) is 1. The molecule has 8 heteroatoms. The number of amides is 1. The van der Waals surface area contributed by atoms with Gasteiger partial charge in [0.05, 0.1) is 6.54 Å². The van der Waals surface area contributed by atoms with Gasteiger partial charge in [0, 0.05) is 6.54 Å². The molecule has 22 heavy (non-hydrogen) atoms. The van der Waals surface area contributed by atoms with E-state index in [1.54, 1.807) is 13.3 Å². The van der Waals surface area contributed by atoms with Crippen molar-refractivity contribution in [3.63, 3.8) is 0 Å². The van der Waals surface area contributed by atoms with Crippen LogP contribution >= 0.6 is 24.8 Å². The summed E-state index contributed by atoms with van der Waals surface area (Å²) in [5.74, 6) is 0.471. The Morgan fingerprint density at radius 3 is 2.55 bits per heavy atom. The molecule has 0 aliphatic heterocycles. The second-order valence-electron chi connectivity index (χ2n) is 4.78. The van der Waals surface area contributed by atoms with E-state index in [9.17, 15) is 4.79 Å². The predicted molar refractivity (Wildman–Crippen MR) is 90.0 cm³/mol. The summed E-state index contributed by atoms with van der Waals surface area (Å²) in [6, 6.07) is 9.30. The fourth-order valence-corrected chi connectivity index (χ4v) is 1.94. The molecule has 2 aromatic rings. The molecule has 0 spiro atoms. The molecule has 0 bridgehead atoms. The lowest BCUT2D eigenvalue weighted by molar-refractivity contribution is -0.126. The van der Waals surface area contributed by atoms with Crippen molar-refractivity contribution in [2.24, 2.45) is 5.73 Å². The standard InChI is InChI=1S/C14H19N5O.2ClH/c1-3-19-10-17-18-12(19)9-16-13(20)14(2,15)11-7-5-4-6-8-11;;/h4-8,10H,3,9,15H2,1-2H3,(H,16,20);2*1H. The van der Waals surface area contributed by atoms with Crippen molar-refractivity contribution in [3.8, 4) is 0 Å². The monoisotopic (exact) mass is 345 g/mol. The van der Waals surface area contributed by atoms with E-state index in [0.29, 0.717) is 12.4 Å². The molecule has 0 fully saturated rings. The molecule has 0 radical (unpaired) electrons. The number of carbonyl (C=O) groups is 1. The van der Waals surface area contributed by atoms with Gasteiger partial charge in [-0.2, -0.15) is 0 Å². The molecule has 0 aliphatic rings. The Balaban J connectivity index is 0.00000220. The summed E-state index contributed by atoms with van der Waals surface area (Å²) in [6.07, 6.45) is 1.64. The fourth-order valence-electron chi connectivity index (χ4n) is 1.94. The molecule has 0 saturated carbocycles. The predicted octanol–water partition coefficient (Wildman–Crippen LogP) is 1.63. The maximum Gasteiger partial charge on any atom is 0.244 e. The van der Waals surface area contributed by atoms with E-state index in [1.165, 1.54) is 0 Å². The summed E-state index contributed by atoms with van der Waals surface area (Å²) >= 11 is 0. The van der Waals surface area contributed by atoms with E-state index in [1.807, 2.05) is 41.8 Å². The third kappa shape index (κ3) is 4.43. The summed E-state index contributed by atoms with van der Waals surface area (Å²) in [4.78, 5) is 12.3. The zero-order valence-electron chi connectivity index (χ0n) is 12.5. The quantitative estimate of drug-likeness (QED) is 0.862. The van der Waals surface area contributed by atoms with Gasteiger partial charge in [0.15, 0.2) is 5.82 Å². The zero-order valence-corrected chi connectivity index (χ0v) is 14.2. The summed E-state index contributed by atoms with van der Waals surface area (Å²) in [5.41, 5.74) is 5.84. The third-order valence-corrected chi connectivity index (χ3v) is 3.29. The normalized spacial score (nSPS) is 12.5. The highest BCUT2D eigenvalue weighted by molar-refractivity contribution is 5.86. The highest BCUT2D eigenvalue weighted by atomic mass is 35.5. The lowest BCUT2D eigenvalue weighted by Crippen LogP contribution is -2.48. The minimum absolute atomic E-state index is 0. The van der Waals surface area contributed by atoms with E-state index in [2.05, 4.69) is 15.5 Å². The minimum atomic E-state index is -1.07. The van der Waals surface area contributed by atoms with Crippen molar-refractivity contribution in [1.29, 1.82) is 0 Å². The van der Waals surface area contributed by atoms with Crippen molar-refractivity contribution < 1.29 is 4.79 Å². The molecule has 3 N–H and O–H groups in total. The van der Waals surface area contributed by atoms with Gasteiger partial charge in [0.25, 0.3) is 0 Å². The Morgan fingerprint density at radius 1 is 1.32 bits per heavy atom. The van der Waals surface area contributed by atoms with Gasteiger partial charge in [0.2, 0.25) is 5.91 Å². The first-order valence-corrected chi connectivity index (χ1v) is 6.55. The fraction of sp³-hybridized carbons (Fsp3) is 0.357. The van der Waals surface area contributed by atoms with Crippen LogP contribution in [0.15, 0.2) is 36.7 Å². The second kappa shape index (κ2) is 8.73. The van der Waals surface area contributed by atoms with E-state index in [-0.39, 0.29) is 30.7 Å². The lowest BCUT2D eigenvalue weighted by Gasteiger charge is -2.24. The van der Waals surface area contributed by atoms with Gasteiger partial charge >= 0.3 is 0 Å². The number of nitrogens with zero attached hydrogens (tertiary/aromatic N) is 3. The van der Waals surface area contributed by atoms with E-state index < -0.39 is 5.54 Å². The van der Waals surface area contributed by atoms with Crippen LogP contribution in [0.2, 0.25) is 0 Å². The van der Waals surface area contributed by atoms with Crippen LogP contribution in [0.5, 0.6) is 0 Å². The average Bonchev–Trinajstić information content (AvgIpc) is 2.93. The summed E-state index contributed by atoms with van der Waals surface area (Å²) in [7, 11) is 0. The molecule has 1 aromatic heterocycles. The topological polar surface area (TPSA) is 85.8 Å². The number of aryl methyl sites for hydroxylation is 1. The Hall–Kier alpha value is -1.63. The molecule has 0 aliphatic carbocycles. The number of nitrogens with one attached hydrogen (secondary N) is 1. The maximum absolute atomic E-state index is 12.3. The molecule has 1 unspecified atom stereocenters. The number of hydrogen-bond acceptors (Lipinski definition) is 4. The molecule has 1 amide bonds. The van der Waals surface area contributed by atoms with Crippen LogP contribution in [0, 0.1) is 0 Å². The molecule has 122 valence electrons. The highest BCUT2D eigenvalue weighted by Crippen LogP contribution is 2.17. The van der Waals surface area contributed by atoms with Gasteiger partial charge in [-0.1, -0.05) is 30.3 Å². The molecule has 1 heterocycles. The molecule has 1 atom stereocenters. The van der Waals surface area contributed by atoms with Crippen molar-refractivity contribution in [3.05, 3.63) is 48.0 Å². The van der Waals surface area contributed by atoms with Crippen LogP contribution < -0.4 is 11.1 Å². The van der Waals surface area contributed by atoms with Crippen LogP contribution in [0.3, 0.4) is 0 Å². The summed E-state index contributed by atoms with van der Waals surface area (Å²) < 4.78 is 1.87. The first-order chi connectivity index (χ1) is 9.55. The molecule has 1 aromatic carbocycles. The molecular formula is C14H21Cl2N5O. The van der Waals surface area contributed by atoms with Gasteiger partial charge in [-0.3, -0.25) is 4.79 Å². The van der Waals surface area contributed by atoms with Crippen LogP contribution in [0.4, 0.5) is 0 Å². The minimum Gasteiger partial charge on any atom is -0.347 e. The Kier molecular flexibility index (Phi) is 8.08. The van der Waals surface area contributed by atoms with E-state index in [0.717, 1.165) is 12.1 Å². The van der Waals surface area contributed by atoms with Gasteiger partial charge in [-0.05, 0) is 19.4 Å². The van der Waals surface area contributed by atoms with Crippen LogP contribution in [-0.4, -0.2) is 20.7 Å². The number of carbonyl (C=O) groups excluding carboxylic acids is 1. The van der Waals surface area contributed by atoms with Gasteiger partial charge in [-0.15, -0.1) is 35.0 Å². The van der Waals surface area contributed by atoms with Crippen molar-refractivity contribution in [1.82, 2.24) is 20.1 Å².